The van der Waals surface area contributed by atoms with Gasteiger partial charge in [0.25, 0.3) is 0 Å². The molecule has 3 aromatic rings. The van der Waals surface area contributed by atoms with E-state index in [4.69, 9.17) is 4.52 Å². The van der Waals surface area contributed by atoms with E-state index in [2.05, 4.69) is 14.9 Å². The molecule has 0 saturated heterocycles. The number of phenolic OH excluding ortho intramolecular Hbond substituents is 1. The van der Waals surface area contributed by atoms with E-state index < -0.39 is 10.0 Å². The summed E-state index contributed by atoms with van der Waals surface area (Å²) in [4.78, 5) is 4.59. The summed E-state index contributed by atoms with van der Waals surface area (Å²) in [5, 5.41) is 15.7. The maximum atomic E-state index is 12.3. The third kappa shape index (κ3) is 3.89. The fourth-order valence-electron chi connectivity index (χ4n) is 2.41. The van der Waals surface area contributed by atoms with Crippen LogP contribution in [0.1, 0.15) is 16.5 Å². The number of aromatic hydroxyl groups is 1. The molecule has 0 radical (unpaired) electrons. The standard InChI is InChI=1S/C16H17N3O4S2/c1-10-16(11(2)23-19-10)25(21,22)17-8-7-15-18-14(9-24-15)12-3-5-13(20)6-4-12/h3-6,9,17,20H,7-8H2,1-2H3. The van der Waals surface area contributed by atoms with Crippen molar-refractivity contribution in [2.24, 2.45) is 0 Å². The van der Waals surface area contributed by atoms with E-state index in [0.29, 0.717) is 12.1 Å². The summed E-state index contributed by atoms with van der Waals surface area (Å²) in [6.07, 6.45) is 0.478. The minimum atomic E-state index is -3.66. The Morgan fingerprint density at radius 2 is 1.96 bits per heavy atom. The second-order valence-corrected chi connectivity index (χ2v) is 8.12. The topological polar surface area (TPSA) is 105 Å². The minimum Gasteiger partial charge on any atom is -0.508 e. The van der Waals surface area contributed by atoms with Gasteiger partial charge in [-0.2, -0.15) is 0 Å². The summed E-state index contributed by atoms with van der Waals surface area (Å²) in [6, 6.07) is 6.78. The zero-order valence-corrected chi connectivity index (χ0v) is 15.3. The first-order valence-electron chi connectivity index (χ1n) is 7.53. The molecule has 7 nitrogen and oxygen atoms in total. The number of phenols is 1. The average molecular weight is 379 g/mol. The molecule has 132 valence electrons. The monoisotopic (exact) mass is 379 g/mol. The van der Waals surface area contributed by atoms with E-state index in [9.17, 15) is 13.5 Å². The Hall–Kier alpha value is -2.23. The van der Waals surface area contributed by atoms with Crippen molar-refractivity contribution in [3.05, 3.63) is 46.1 Å². The van der Waals surface area contributed by atoms with Gasteiger partial charge >= 0.3 is 0 Å². The summed E-state index contributed by atoms with van der Waals surface area (Å²) in [7, 11) is -3.66. The molecule has 0 aliphatic heterocycles. The Morgan fingerprint density at radius 1 is 1.24 bits per heavy atom. The molecule has 2 heterocycles. The van der Waals surface area contributed by atoms with E-state index in [1.807, 2.05) is 5.38 Å². The summed E-state index contributed by atoms with van der Waals surface area (Å²) in [5.74, 6) is 0.474. The molecule has 0 aliphatic carbocycles. The predicted octanol–water partition coefficient (Wildman–Crippen LogP) is 2.64. The SMILES string of the molecule is Cc1noc(C)c1S(=O)(=O)NCCc1nc(-c2ccc(O)cc2)cs1. The fourth-order valence-corrected chi connectivity index (χ4v) is 4.58. The largest absolute Gasteiger partial charge is 0.508 e. The molecule has 25 heavy (non-hydrogen) atoms. The van der Waals surface area contributed by atoms with Gasteiger partial charge < -0.3 is 9.63 Å². The lowest BCUT2D eigenvalue weighted by molar-refractivity contribution is 0.390. The first-order chi connectivity index (χ1) is 11.9. The third-order valence-corrected chi connectivity index (χ3v) is 6.20. The first-order valence-corrected chi connectivity index (χ1v) is 9.89. The Kier molecular flexibility index (Phi) is 4.89. The molecule has 0 unspecified atom stereocenters. The second-order valence-electron chi connectivity index (χ2n) is 5.47. The number of rotatable bonds is 6. The van der Waals surface area contributed by atoms with Gasteiger partial charge in [-0.25, -0.2) is 18.1 Å². The van der Waals surface area contributed by atoms with Crippen LogP contribution >= 0.6 is 11.3 Å². The van der Waals surface area contributed by atoms with Crippen molar-refractivity contribution < 1.29 is 18.0 Å². The molecule has 3 rings (SSSR count). The van der Waals surface area contributed by atoms with Crippen molar-refractivity contribution in [3.63, 3.8) is 0 Å². The number of aromatic nitrogens is 2. The van der Waals surface area contributed by atoms with Crippen molar-refractivity contribution in [2.45, 2.75) is 25.2 Å². The van der Waals surface area contributed by atoms with Crippen molar-refractivity contribution in [1.82, 2.24) is 14.9 Å². The van der Waals surface area contributed by atoms with E-state index in [1.54, 1.807) is 38.1 Å². The van der Waals surface area contributed by atoms with E-state index in [-0.39, 0.29) is 22.9 Å². The highest BCUT2D eigenvalue weighted by Gasteiger charge is 2.23. The number of nitrogens with zero attached hydrogens (tertiary/aromatic N) is 2. The first kappa shape index (κ1) is 17.6. The van der Waals surface area contributed by atoms with Crippen LogP contribution in [-0.2, 0) is 16.4 Å². The van der Waals surface area contributed by atoms with Gasteiger partial charge in [-0.1, -0.05) is 5.16 Å². The number of hydrogen-bond acceptors (Lipinski definition) is 7. The Balaban J connectivity index is 1.64. The average Bonchev–Trinajstić information content (AvgIpc) is 3.15. The van der Waals surface area contributed by atoms with Gasteiger partial charge in [0.15, 0.2) is 5.76 Å². The Morgan fingerprint density at radius 3 is 2.60 bits per heavy atom. The highest BCUT2D eigenvalue weighted by molar-refractivity contribution is 7.89. The van der Waals surface area contributed by atoms with Crippen molar-refractivity contribution in [1.29, 1.82) is 0 Å². The van der Waals surface area contributed by atoms with Crippen LogP contribution in [0.3, 0.4) is 0 Å². The van der Waals surface area contributed by atoms with Crippen molar-refractivity contribution >= 4 is 21.4 Å². The van der Waals surface area contributed by atoms with Gasteiger partial charge in [0.05, 0.1) is 10.7 Å². The molecule has 0 atom stereocenters. The van der Waals surface area contributed by atoms with Crippen LogP contribution < -0.4 is 4.72 Å². The van der Waals surface area contributed by atoms with Gasteiger partial charge in [0, 0.05) is 23.9 Å². The lowest BCUT2D eigenvalue weighted by Crippen LogP contribution is -2.26. The van der Waals surface area contributed by atoms with Crippen LogP contribution in [0, 0.1) is 13.8 Å². The van der Waals surface area contributed by atoms with Crippen LogP contribution in [0.2, 0.25) is 0 Å². The van der Waals surface area contributed by atoms with Gasteiger partial charge in [0.2, 0.25) is 10.0 Å². The van der Waals surface area contributed by atoms with Crippen LogP contribution in [0.5, 0.6) is 5.75 Å². The highest BCUT2D eigenvalue weighted by atomic mass is 32.2. The summed E-state index contributed by atoms with van der Waals surface area (Å²) < 4.78 is 32.1. The zero-order valence-electron chi connectivity index (χ0n) is 13.7. The number of hydrogen-bond donors (Lipinski definition) is 2. The van der Waals surface area contributed by atoms with E-state index in [1.165, 1.54) is 11.3 Å². The molecule has 0 saturated carbocycles. The molecule has 0 spiro atoms. The molecule has 9 heteroatoms. The number of aryl methyl sites for hydroxylation is 2. The van der Waals surface area contributed by atoms with Crippen molar-refractivity contribution in [3.8, 4) is 17.0 Å². The number of sulfonamides is 1. The molecular formula is C16H17N3O4S2. The van der Waals surface area contributed by atoms with Crippen LogP contribution in [0.25, 0.3) is 11.3 Å². The molecule has 0 amide bonds. The van der Waals surface area contributed by atoms with Gasteiger partial charge in [-0.15, -0.1) is 11.3 Å². The van der Waals surface area contributed by atoms with Gasteiger partial charge in [-0.3, -0.25) is 0 Å². The second kappa shape index (κ2) is 6.95. The van der Waals surface area contributed by atoms with Crippen molar-refractivity contribution in [2.75, 3.05) is 6.54 Å². The lowest BCUT2D eigenvalue weighted by atomic mass is 10.2. The minimum absolute atomic E-state index is 0.0939. The maximum absolute atomic E-state index is 12.3. The predicted molar refractivity (Wildman–Crippen MR) is 94.1 cm³/mol. The molecule has 2 aromatic heterocycles. The quantitative estimate of drug-likeness (QED) is 0.682. The van der Waals surface area contributed by atoms with E-state index >= 15 is 0 Å². The molecule has 0 bridgehead atoms. The molecular weight excluding hydrogens is 362 g/mol. The smallest absolute Gasteiger partial charge is 0.245 e. The lowest BCUT2D eigenvalue weighted by Gasteiger charge is -2.04. The maximum Gasteiger partial charge on any atom is 0.245 e. The number of nitrogens with one attached hydrogen (secondary N) is 1. The Bertz CT molecular complexity index is 956. The fraction of sp³-hybridized carbons (Fsp3) is 0.250. The molecule has 0 fully saturated rings. The summed E-state index contributed by atoms with van der Waals surface area (Å²) in [5.41, 5.74) is 2.04. The highest BCUT2D eigenvalue weighted by Crippen LogP contribution is 2.24. The molecule has 1 aromatic carbocycles. The van der Waals surface area contributed by atoms with Crippen LogP contribution in [0.15, 0.2) is 39.1 Å². The van der Waals surface area contributed by atoms with Crippen LogP contribution in [0.4, 0.5) is 0 Å². The number of benzene rings is 1. The molecule has 0 aliphatic rings. The Labute approximate surface area is 149 Å². The summed E-state index contributed by atoms with van der Waals surface area (Å²) in [6.45, 7) is 3.39. The van der Waals surface area contributed by atoms with Gasteiger partial charge in [-0.05, 0) is 38.1 Å². The zero-order chi connectivity index (χ0) is 18.0. The third-order valence-electron chi connectivity index (χ3n) is 3.58. The number of thiazole rings is 1. The van der Waals surface area contributed by atoms with E-state index in [0.717, 1.165) is 16.3 Å². The summed E-state index contributed by atoms with van der Waals surface area (Å²) >= 11 is 1.46. The van der Waals surface area contributed by atoms with Gasteiger partial charge in [0.1, 0.15) is 16.3 Å². The van der Waals surface area contributed by atoms with Crippen LogP contribution in [-0.4, -0.2) is 30.2 Å². The normalized spacial score (nSPS) is 11.8. The molecule has 2 N–H and O–H groups in total.